The number of fused-ring (bicyclic) bond motifs is 1. The average molecular weight is 202 g/mol. The molecule has 4 nitrogen and oxygen atoms in total. The highest BCUT2D eigenvalue weighted by Gasteiger charge is 2.21. The van der Waals surface area contributed by atoms with Crippen LogP contribution in [0.25, 0.3) is 5.52 Å². The molecule has 3 heterocycles. The number of anilines is 1. The van der Waals surface area contributed by atoms with Crippen LogP contribution >= 0.6 is 0 Å². The van der Waals surface area contributed by atoms with E-state index in [1.165, 1.54) is 6.42 Å². The standard InChI is InChI=1S/C11H14N4/c1-9-3-6-14(8-9)11-10-2-4-13-15(10)7-5-12-11/h2,4-5,7,9H,3,6,8H2,1H3/t9-/m0/s1. The van der Waals surface area contributed by atoms with Crippen LogP contribution in [0.15, 0.2) is 24.7 Å². The summed E-state index contributed by atoms with van der Waals surface area (Å²) in [5, 5.41) is 4.22. The van der Waals surface area contributed by atoms with Gasteiger partial charge in [-0.15, -0.1) is 0 Å². The molecule has 0 radical (unpaired) electrons. The molecule has 15 heavy (non-hydrogen) atoms. The third-order valence-electron chi connectivity index (χ3n) is 3.03. The first-order valence-corrected chi connectivity index (χ1v) is 5.38. The van der Waals surface area contributed by atoms with E-state index in [0.717, 1.165) is 30.3 Å². The Hall–Kier alpha value is -1.58. The quantitative estimate of drug-likeness (QED) is 0.704. The molecule has 1 atom stereocenters. The molecule has 2 aromatic rings. The van der Waals surface area contributed by atoms with Gasteiger partial charge < -0.3 is 4.90 Å². The second-order valence-electron chi connectivity index (χ2n) is 4.25. The molecule has 0 spiro atoms. The van der Waals surface area contributed by atoms with Crippen LogP contribution in [0.5, 0.6) is 0 Å². The van der Waals surface area contributed by atoms with Gasteiger partial charge in [0, 0.05) is 25.5 Å². The zero-order valence-corrected chi connectivity index (χ0v) is 8.80. The van der Waals surface area contributed by atoms with Gasteiger partial charge in [-0.05, 0) is 18.4 Å². The van der Waals surface area contributed by atoms with Crippen molar-refractivity contribution in [2.45, 2.75) is 13.3 Å². The normalized spacial score (nSPS) is 21.4. The molecular weight excluding hydrogens is 188 g/mol. The highest BCUT2D eigenvalue weighted by molar-refractivity contribution is 5.68. The highest BCUT2D eigenvalue weighted by atomic mass is 15.3. The lowest BCUT2D eigenvalue weighted by molar-refractivity contribution is 0.659. The SMILES string of the molecule is C[C@H]1CCN(c2nccn3nccc23)C1. The zero-order chi connectivity index (χ0) is 10.3. The van der Waals surface area contributed by atoms with Crippen molar-refractivity contribution in [2.75, 3.05) is 18.0 Å². The van der Waals surface area contributed by atoms with Crippen LogP contribution in [0.2, 0.25) is 0 Å². The van der Waals surface area contributed by atoms with Crippen molar-refractivity contribution in [2.24, 2.45) is 5.92 Å². The first kappa shape index (κ1) is 8.71. The van der Waals surface area contributed by atoms with E-state index in [1.807, 2.05) is 29.2 Å². The molecule has 1 saturated heterocycles. The lowest BCUT2D eigenvalue weighted by Crippen LogP contribution is -2.21. The average Bonchev–Trinajstić information content (AvgIpc) is 2.84. The molecule has 0 saturated carbocycles. The molecular formula is C11H14N4. The van der Waals surface area contributed by atoms with Crippen molar-refractivity contribution in [1.82, 2.24) is 14.6 Å². The third kappa shape index (κ3) is 1.37. The maximum absolute atomic E-state index is 4.46. The Labute approximate surface area is 88.5 Å². The molecule has 78 valence electrons. The van der Waals surface area contributed by atoms with E-state index in [9.17, 15) is 0 Å². The minimum Gasteiger partial charge on any atom is -0.355 e. The lowest BCUT2D eigenvalue weighted by Gasteiger charge is -2.17. The summed E-state index contributed by atoms with van der Waals surface area (Å²) in [5.41, 5.74) is 1.10. The maximum Gasteiger partial charge on any atom is 0.154 e. The molecule has 3 rings (SSSR count). The van der Waals surface area contributed by atoms with Gasteiger partial charge in [0.15, 0.2) is 5.82 Å². The monoisotopic (exact) mass is 202 g/mol. The van der Waals surface area contributed by atoms with Crippen molar-refractivity contribution in [3.05, 3.63) is 24.7 Å². The van der Waals surface area contributed by atoms with Gasteiger partial charge in [-0.3, -0.25) is 0 Å². The molecule has 0 N–H and O–H groups in total. The molecule has 0 aliphatic carbocycles. The Kier molecular flexibility index (Phi) is 1.87. The molecule has 0 amide bonds. The van der Waals surface area contributed by atoms with Gasteiger partial charge in [-0.1, -0.05) is 6.92 Å². The largest absolute Gasteiger partial charge is 0.355 e. The van der Waals surface area contributed by atoms with Crippen LogP contribution in [0, 0.1) is 5.92 Å². The van der Waals surface area contributed by atoms with E-state index >= 15 is 0 Å². The van der Waals surface area contributed by atoms with E-state index in [2.05, 4.69) is 21.9 Å². The van der Waals surface area contributed by atoms with Gasteiger partial charge >= 0.3 is 0 Å². The van der Waals surface area contributed by atoms with E-state index in [0.29, 0.717) is 0 Å². The molecule has 2 aromatic heterocycles. The summed E-state index contributed by atoms with van der Waals surface area (Å²) in [4.78, 5) is 6.81. The van der Waals surface area contributed by atoms with Gasteiger partial charge in [0.05, 0.1) is 6.20 Å². The van der Waals surface area contributed by atoms with Crippen LogP contribution in [0.4, 0.5) is 5.82 Å². The minimum absolute atomic E-state index is 0.773. The molecule has 0 bridgehead atoms. The fourth-order valence-corrected chi connectivity index (χ4v) is 2.21. The van der Waals surface area contributed by atoms with E-state index in [4.69, 9.17) is 0 Å². The number of nitrogens with zero attached hydrogens (tertiary/aromatic N) is 4. The Bertz CT molecular complexity index is 476. The second-order valence-corrected chi connectivity index (χ2v) is 4.25. The molecule has 1 fully saturated rings. The van der Waals surface area contributed by atoms with Crippen molar-refractivity contribution in [1.29, 1.82) is 0 Å². The van der Waals surface area contributed by atoms with Gasteiger partial charge in [0.25, 0.3) is 0 Å². The summed E-state index contributed by atoms with van der Waals surface area (Å²) in [6.45, 7) is 4.51. The summed E-state index contributed by atoms with van der Waals surface area (Å²) in [6, 6.07) is 2.02. The Morgan fingerprint density at radius 3 is 3.13 bits per heavy atom. The number of rotatable bonds is 1. The minimum atomic E-state index is 0.773. The molecule has 1 aliphatic rings. The van der Waals surface area contributed by atoms with Crippen LogP contribution in [-0.2, 0) is 0 Å². The van der Waals surface area contributed by atoms with Crippen molar-refractivity contribution in [3.8, 4) is 0 Å². The molecule has 1 aliphatic heterocycles. The first-order chi connectivity index (χ1) is 7.34. The van der Waals surface area contributed by atoms with Gasteiger partial charge in [0.1, 0.15) is 5.52 Å². The summed E-state index contributed by atoms with van der Waals surface area (Å²) in [6.07, 6.45) is 6.79. The molecule has 4 heteroatoms. The van der Waals surface area contributed by atoms with E-state index in [-0.39, 0.29) is 0 Å². The first-order valence-electron chi connectivity index (χ1n) is 5.38. The van der Waals surface area contributed by atoms with Crippen LogP contribution in [0.1, 0.15) is 13.3 Å². The van der Waals surface area contributed by atoms with Crippen LogP contribution in [0.3, 0.4) is 0 Å². The number of hydrogen-bond donors (Lipinski definition) is 0. The summed E-state index contributed by atoms with van der Waals surface area (Å²) >= 11 is 0. The summed E-state index contributed by atoms with van der Waals surface area (Å²) in [5.74, 6) is 1.84. The molecule has 0 aromatic carbocycles. The summed E-state index contributed by atoms with van der Waals surface area (Å²) < 4.78 is 1.88. The van der Waals surface area contributed by atoms with Crippen molar-refractivity contribution < 1.29 is 0 Å². The van der Waals surface area contributed by atoms with Crippen molar-refractivity contribution in [3.63, 3.8) is 0 Å². The number of hydrogen-bond acceptors (Lipinski definition) is 3. The highest BCUT2D eigenvalue weighted by Crippen LogP contribution is 2.24. The smallest absolute Gasteiger partial charge is 0.154 e. The van der Waals surface area contributed by atoms with E-state index < -0.39 is 0 Å². The topological polar surface area (TPSA) is 33.4 Å². The van der Waals surface area contributed by atoms with E-state index in [1.54, 1.807) is 0 Å². The summed E-state index contributed by atoms with van der Waals surface area (Å²) in [7, 11) is 0. The Balaban J connectivity index is 2.06. The Morgan fingerprint density at radius 1 is 1.40 bits per heavy atom. The predicted molar refractivity (Wildman–Crippen MR) is 59.0 cm³/mol. The van der Waals surface area contributed by atoms with Crippen LogP contribution in [-0.4, -0.2) is 27.7 Å². The predicted octanol–water partition coefficient (Wildman–Crippen LogP) is 1.58. The third-order valence-corrected chi connectivity index (χ3v) is 3.03. The second kappa shape index (κ2) is 3.22. The Morgan fingerprint density at radius 2 is 2.33 bits per heavy atom. The van der Waals surface area contributed by atoms with Crippen molar-refractivity contribution >= 4 is 11.3 Å². The fourth-order valence-electron chi connectivity index (χ4n) is 2.21. The zero-order valence-electron chi connectivity index (χ0n) is 8.80. The van der Waals surface area contributed by atoms with Gasteiger partial charge in [0.2, 0.25) is 0 Å². The fraction of sp³-hybridized carbons (Fsp3) is 0.455. The number of aromatic nitrogens is 3. The van der Waals surface area contributed by atoms with Crippen LogP contribution < -0.4 is 4.90 Å². The lowest BCUT2D eigenvalue weighted by atomic mass is 10.2. The van der Waals surface area contributed by atoms with Gasteiger partial charge in [-0.2, -0.15) is 5.10 Å². The van der Waals surface area contributed by atoms with Gasteiger partial charge in [-0.25, -0.2) is 9.50 Å². The molecule has 0 unspecified atom stereocenters. The maximum atomic E-state index is 4.46.